The highest BCUT2D eigenvalue weighted by Crippen LogP contribution is 2.44. The molecule has 1 aromatic rings. The Morgan fingerprint density at radius 2 is 2.21 bits per heavy atom. The molecule has 7 heteroatoms. The number of thiazole rings is 1. The van der Waals surface area contributed by atoms with Crippen LogP contribution in [0.15, 0.2) is 10.4 Å². The summed E-state index contributed by atoms with van der Waals surface area (Å²) in [5.41, 5.74) is -0.994. The zero-order valence-corrected chi connectivity index (χ0v) is 9.95. The first kappa shape index (κ1) is 11.9. The van der Waals surface area contributed by atoms with Crippen LogP contribution in [0.25, 0.3) is 0 Å². The van der Waals surface area contributed by atoms with Gasteiger partial charge in [-0.15, -0.1) is 11.3 Å². The van der Waals surface area contributed by atoms with Gasteiger partial charge in [0.15, 0.2) is 0 Å². The molecular formula is C7H15N3O2S2. The number of nitrogens with zero attached hydrogens (tertiary/aromatic N) is 1. The lowest BCUT2D eigenvalue weighted by molar-refractivity contribution is 0.0783. The second-order valence-corrected chi connectivity index (χ2v) is 6.76. The second-order valence-electron chi connectivity index (χ2n) is 3.37. The van der Waals surface area contributed by atoms with Crippen LogP contribution in [0.1, 0.15) is 18.9 Å². The molecule has 14 heavy (non-hydrogen) atoms. The minimum atomic E-state index is -2.44. The molecule has 5 N–H and O–H groups in total. The van der Waals surface area contributed by atoms with Crippen molar-refractivity contribution in [2.75, 3.05) is 7.05 Å². The third kappa shape index (κ3) is 2.44. The molecule has 0 aliphatic rings. The van der Waals surface area contributed by atoms with Crippen molar-refractivity contribution in [3.05, 3.63) is 11.2 Å². The van der Waals surface area contributed by atoms with Crippen LogP contribution in [0.4, 0.5) is 0 Å². The summed E-state index contributed by atoms with van der Waals surface area (Å²) in [4.78, 5) is 4.01. The normalized spacial score (nSPS) is 19.0. The molecule has 0 aliphatic heterocycles. The van der Waals surface area contributed by atoms with Crippen LogP contribution >= 0.6 is 22.0 Å². The van der Waals surface area contributed by atoms with E-state index in [1.807, 2.05) is 0 Å². The molecule has 82 valence electrons. The summed E-state index contributed by atoms with van der Waals surface area (Å²) >= 11 is 1.21. The highest BCUT2D eigenvalue weighted by molar-refractivity contribution is 8.26. The number of nitrogens with one attached hydrogen (secondary N) is 1. The van der Waals surface area contributed by atoms with E-state index in [2.05, 4.69) is 9.71 Å². The summed E-state index contributed by atoms with van der Waals surface area (Å²) in [6, 6.07) is 0. The van der Waals surface area contributed by atoms with Gasteiger partial charge in [-0.25, -0.2) is 9.71 Å². The fraction of sp³-hybridized carbons (Fsp3) is 0.571. The van der Waals surface area contributed by atoms with Crippen LogP contribution in [0, 0.1) is 0 Å². The summed E-state index contributed by atoms with van der Waals surface area (Å²) in [5.74, 6) is 0. The zero-order valence-electron chi connectivity index (χ0n) is 8.31. The first-order chi connectivity index (χ1) is 6.27. The van der Waals surface area contributed by atoms with Crippen LogP contribution in [-0.2, 0) is 5.60 Å². The van der Waals surface area contributed by atoms with Crippen molar-refractivity contribution in [3.63, 3.8) is 0 Å². The van der Waals surface area contributed by atoms with E-state index in [1.165, 1.54) is 17.5 Å². The molecule has 5 nitrogen and oxygen atoms in total. The highest BCUT2D eigenvalue weighted by Gasteiger charge is 2.25. The van der Waals surface area contributed by atoms with Crippen LogP contribution in [0.3, 0.4) is 0 Å². The highest BCUT2D eigenvalue weighted by atomic mass is 32.3. The lowest BCUT2D eigenvalue weighted by atomic mass is 10.2. The summed E-state index contributed by atoms with van der Waals surface area (Å²) in [5, 5.41) is 15.8. The number of aliphatic hydroxyl groups is 1. The molecule has 0 saturated carbocycles. The standard InChI is InChI=1S/C7H15N3O2S2/c1-7(2,11)6-10-4-5(13-6)14(8,12)9-3/h4,9,11-12H,8H2,1-3H3. The Hall–Kier alpha value is -0.180. The van der Waals surface area contributed by atoms with Gasteiger partial charge >= 0.3 is 0 Å². The van der Waals surface area contributed by atoms with Gasteiger partial charge in [0.1, 0.15) is 14.8 Å². The van der Waals surface area contributed by atoms with Gasteiger partial charge in [0, 0.05) is 10.7 Å². The lowest BCUT2D eigenvalue weighted by Crippen LogP contribution is -2.22. The Balaban J connectivity index is 3.00. The van der Waals surface area contributed by atoms with Crippen molar-refractivity contribution >= 4 is 22.0 Å². The summed E-state index contributed by atoms with van der Waals surface area (Å²) in [6.07, 6.45) is 1.49. The van der Waals surface area contributed by atoms with E-state index < -0.39 is 16.3 Å². The fourth-order valence-corrected chi connectivity index (χ4v) is 2.85. The Kier molecular flexibility index (Phi) is 3.20. The minimum Gasteiger partial charge on any atom is -0.383 e. The molecule has 0 bridgehead atoms. The van der Waals surface area contributed by atoms with Crippen molar-refractivity contribution < 1.29 is 9.66 Å². The maximum absolute atomic E-state index is 9.71. The molecule has 0 saturated heterocycles. The van der Waals surface area contributed by atoms with E-state index in [4.69, 9.17) is 5.14 Å². The largest absolute Gasteiger partial charge is 0.383 e. The van der Waals surface area contributed by atoms with Gasteiger partial charge in [-0.3, -0.25) is 5.14 Å². The summed E-state index contributed by atoms with van der Waals surface area (Å²) in [7, 11) is -0.861. The van der Waals surface area contributed by atoms with Crippen LogP contribution in [-0.4, -0.2) is 21.7 Å². The van der Waals surface area contributed by atoms with E-state index >= 15 is 0 Å². The third-order valence-electron chi connectivity index (χ3n) is 1.63. The molecule has 1 heterocycles. The monoisotopic (exact) mass is 237 g/mol. The van der Waals surface area contributed by atoms with Crippen molar-refractivity contribution in [1.29, 1.82) is 0 Å². The SMILES string of the molecule is CNS(N)(O)c1cnc(C(C)(C)O)s1. The predicted molar refractivity (Wildman–Crippen MR) is 59.1 cm³/mol. The number of rotatable bonds is 3. The number of hydrogen-bond acceptors (Lipinski definition) is 6. The van der Waals surface area contributed by atoms with Gasteiger partial charge in [0.05, 0.1) is 6.20 Å². The van der Waals surface area contributed by atoms with Crippen LogP contribution < -0.4 is 9.86 Å². The van der Waals surface area contributed by atoms with Gasteiger partial charge in [-0.05, 0) is 20.9 Å². The van der Waals surface area contributed by atoms with Crippen LogP contribution in [0.2, 0.25) is 0 Å². The number of hydrogen-bond donors (Lipinski definition) is 4. The molecule has 0 fully saturated rings. The Morgan fingerprint density at radius 3 is 2.57 bits per heavy atom. The minimum absolute atomic E-state index is 0.541. The van der Waals surface area contributed by atoms with Crippen molar-refractivity contribution in [2.24, 2.45) is 5.14 Å². The van der Waals surface area contributed by atoms with Crippen LogP contribution in [0.5, 0.6) is 0 Å². The second kappa shape index (κ2) is 3.76. The van der Waals surface area contributed by atoms with E-state index in [0.717, 1.165) is 0 Å². The van der Waals surface area contributed by atoms with E-state index in [1.54, 1.807) is 20.9 Å². The number of nitrogens with two attached hydrogens (primary N) is 1. The lowest BCUT2D eigenvalue weighted by Gasteiger charge is -2.25. The zero-order chi connectivity index (χ0) is 11.0. The van der Waals surface area contributed by atoms with E-state index in [-0.39, 0.29) is 0 Å². The molecule has 1 atom stereocenters. The smallest absolute Gasteiger partial charge is 0.125 e. The van der Waals surface area contributed by atoms with Gasteiger partial charge in [-0.1, -0.05) is 0 Å². The van der Waals surface area contributed by atoms with Gasteiger partial charge in [-0.2, -0.15) is 0 Å². The molecule has 0 spiro atoms. The van der Waals surface area contributed by atoms with E-state index in [9.17, 15) is 9.66 Å². The molecule has 0 aromatic carbocycles. The Bertz CT molecular complexity index is 319. The molecule has 1 unspecified atom stereocenters. The molecule has 0 aliphatic carbocycles. The number of aromatic nitrogens is 1. The average molecular weight is 237 g/mol. The van der Waals surface area contributed by atoms with Gasteiger partial charge in [0.2, 0.25) is 0 Å². The quantitative estimate of drug-likeness (QED) is 0.630. The van der Waals surface area contributed by atoms with Crippen molar-refractivity contribution in [3.8, 4) is 0 Å². The predicted octanol–water partition coefficient (Wildman–Crippen LogP) is 1.02. The molecule has 0 radical (unpaired) electrons. The summed E-state index contributed by atoms with van der Waals surface area (Å²) in [6.45, 7) is 3.28. The first-order valence-electron chi connectivity index (χ1n) is 3.98. The maximum atomic E-state index is 9.71. The topological polar surface area (TPSA) is 91.4 Å². The molecule has 1 rings (SSSR count). The maximum Gasteiger partial charge on any atom is 0.125 e. The van der Waals surface area contributed by atoms with Crippen molar-refractivity contribution in [2.45, 2.75) is 23.7 Å². The molecule has 0 amide bonds. The van der Waals surface area contributed by atoms with E-state index in [0.29, 0.717) is 9.22 Å². The molecular weight excluding hydrogens is 222 g/mol. The molecule has 1 aromatic heterocycles. The average Bonchev–Trinajstić information content (AvgIpc) is 2.51. The van der Waals surface area contributed by atoms with Gasteiger partial charge < -0.3 is 9.66 Å². The first-order valence-corrected chi connectivity index (χ1v) is 6.45. The summed E-state index contributed by atoms with van der Waals surface area (Å²) < 4.78 is 12.9. The fourth-order valence-electron chi connectivity index (χ4n) is 0.787. The Morgan fingerprint density at radius 1 is 1.64 bits per heavy atom. The Labute approximate surface area is 88.8 Å². The van der Waals surface area contributed by atoms with Crippen molar-refractivity contribution in [1.82, 2.24) is 9.71 Å². The van der Waals surface area contributed by atoms with Gasteiger partial charge in [0.25, 0.3) is 0 Å². The third-order valence-corrected chi connectivity index (χ3v) is 5.08.